The molecule has 0 spiro atoms. The summed E-state index contributed by atoms with van der Waals surface area (Å²) in [5, 5.41) is 6.52. The minimum absolute atomic E-state index is 0.185. The van der Waals surface area contributed by atoms with Crippen molar-refractivity contribution >= 4 is 28.7 Å². The van der Waals surface area contributed by atoms with Crippen LogP contribution in [0.25, 0.3) is 11.1 Å². The van der Waals surface area contributed by atoms with Crippen LogP contribution in [0.15, 0.2) is 103 Å². The number of morpholine rings is 1. The molecule has 0 radical (unpaired) electrons. The molecule has 5 aromatic carbocycles. The zero-order valence-corrected chi connectivity index (χ0v) is 26.6. The second-order valence-electron chi connectivity index (χ2n) is 11.7. The molecule has 244 valence electrons. The van der Waals surface area contributed by atoms with Crippen molar-refractivity contribution in [2.45, 2.75) is 13.0 Å². The Kier molecular flexibility index (Phi) is 9.11. The molecule has 2 N–H and O–H groups in total. The zero-order chi connectivity index (χ0) is 32.9. The third kappa shape index (κ3) is 7.06. The Balaban J connectivity index is 1.01. The number of anilines is 4. The number of ether oxygens (including phenoxy) is 4. The van der Waals surface area contributed by atoms with Gasteiger partial charge in [-0.2, -0.15) is 0 Å². The molecule has 0 aliphatic carbocycles. The molecule has 0 atom stereocenters. The minimum atomic E-state index is -0.307. The van der Waals surface area contributed by atoms with Crippen molar-refractivity contribution in [3.05, 3.63) is 126 Å². The fourth-order valence-electron chi connectivity index (χ4n) is 5.93. The summed E-state index contributed by atoms with van der Waals surface area (Å²) in [6.45, 7) is 4.03. The Labute approximate surface area is 279 Å². The summed E-state index contributed by atoms with van der Waals surface area (Å²) >= 11 is 0. The van der Waals surface area contributed by atoms with Gasteiger partial charge in [-0.25, -0.2) is 4.39 Å². The smallest absolute Gasteiger partial charge is 0.257 e. The average Bonchev–Trinajstić information content (AvgIpc) is 3.26. The van der Waals surface area contributed by atoms with Gasteiger partial charge in [0.05, 0.1) is 49.6 Å². The maximum atomic E-state index is 13.6. The molecule has 0 unspecified atom stereocenters. The summed E-state index contributed by atoms with van der Waals surface area (Å²) in [5.41, 5.74) is 7.52. The molecule has 1 saturated heterocycles. The van der Waals surface area contributed by atoms with Gasteiger partial charge in [-0.05, 0) is 95.1 Å². The summed E-state index contributed by atoms with van der Waals surface area (Å²) in [6, 6.07) is 31.9. The normalized spacial score (nSPS) is 13.8. The largest absolute Gasteiger partial charge is 0.493 e. The van der Waals surface area contributed by atoms with Crippen molar-refractivity contribution in [2.75, 3.05) is 55.6 Å². The topological polar surface area (TPSA) is 81.3 Å². The van der Waals surface area contributed by atoms with Crippen LogP contribution in [0.4, 0.5) is 27.1 Å². The highest BCUT2D eigenvalue weighted by Crippen LogP contribution is 2.38. The van der Waals surface area contributed by atoms with Crippen molar-refractivity contribution in [1.82, 2.24) is 0 Å². The Hall–Kier alpha value is -5.54. The van der Waals surface area contributed by atoms with Gasteiger partial charge in [-0.1, -0.05) is 30.3 Å². The van der Waals surface area contributed by atoms with E-state index in [9.17, 15) is 9.18 Å². The highest BCUT2D eigenvalue weighted by molar-refractivity contribution is 6.12. The van der Waals surface area contributed by atoms with E-state index in [0.717, 1.165) is 60.0 Å². The summed E-state index contributed by atoms with van der Waals surface area (Å²) in [7, 11) is 1.58. The quantitative estimate of drug-likeness (QED) is 0.160. The van der Waals surface area contributed by atoms with E-state index < -0.39 is 0 Å². The van der Waals surface area contributed by atoms with Gasteiger partial charge in [0.2, 0.25) is 0 Å². The van der Waals surface area contributed by atoms with Crippen LogP contribution in [0.1, 0.15) is 21.5 Å². The van der Waals surface area contributed by atoms with Gasteiger partial charge < -0.3 is 34.5 Å². The number of hydrogen-bond donors (Lipinski definition) is 2. The van der Waals surface area contributed by atoms with Gasteiger partial charge in [0, 0.05) is 25.2 Å². The fourth-order valence-corrected chi connectivity index (χ4v) is 5.93. The maximum absolute atomic E-state index is 13.6. The number of rotatable bonds is 10. The van der Waals surface area contributed by atoms with Crippen molar-refractivity contribution in [2.24, 2.45) is 0 Å². The van der Waals surface area contributed by atoms with Crippen LogP contribution >= 0.6 is 0 Å². The SMILES string of the molecule is COc1cc(-c2ccc3c(c2)Nc2ccc(CCOc4ccc(N5CCOCC5)cc4)cc2NC3=O)ccc1OCc1cccc(F)c1. The molecule has 2 aliphatic rings. The van der Waals surface area contributed by atoms with E-state index in [1.807, 2.05) is 72.8 Å². The van der Waals surface area contributed by atoms with E-state index in [2.05, 4.69) is 27.7 Å². The first kappa shape index (κ1) is 31.1. The number of amides is 1. The van der Waals surface area contributed by atoms with Crippen LogP contribution in [-0.2, 0) is 17.8 Å². The van der Waals surface area contributed by atoms with Crippen LogP contribution in [0.2, 0.25) is 0 Å². The molecule has 2 aliphatic heterocycles. The predicted octanol–water partition coefficient (Wildman–Crippen LogP) is 7.85. The van der Waals surface area contributed by atoms with Crippen LogP contribution in [0.5, 0.6) is 17.2 Å². The molecule has 0 saturated carbocycles. The Morgan fingerprint density at radius 3 is 2.38 bits per heavy atom. The molecule has 8 nitrogen and oxygen atoms in total. The fraction of sp³-hybridized carbons (Fsp3) is 0.205. The first-order chi connectivity index (χ1) is 23.5. The molecule has 2 heterocycles. The van der Waals surface area contributed by atoms with Gasteiger partial charge in [0.15, 0.2) is 11.5 Å². The highest BCUT2D eigenvalue weighted by atomic mass is 19.1. The number of carbonyl (C=O) groups excluding carboxylic acids is 1. The van der Waals surface area contributed by atoms with Crippen molar-refractivity contribution < 1.29 is 28.1 Å². The third-order valence-corrected chi connectivity index (χ3v) is 8.52. The van der Waals surface area contributed by atoms with Crippen LogP contribution in [-0.4, -0.2) is 45.9 Å². The summed E-state index contributed by atoms with van der Waals surface area (Å²) in [4.78, 5) is 15.6. The third-order valence-electron chi connectivity index (χ3n) is 8.52. The van der Waals surface area contributed by atoms with Gasteiger partial charge >= 0.3 is 0 Å². The van der Waals surface area contributed by atoms with Crippen LogP contribution in [0.3, 0.4) is 0 Å². The lowest BCUT2D eigenvalue weighted by Crippen LogP contribution is -2.36. The van der Waals surface area contributed by atoms with Gasteiger partial charge in [0.1, 0.15) is 18.2 Å². The lowest BCUT2D eigenvalue weighted by Gasteiger charge is -2.28. The molecular weight excluding hydrogens is 609 g/mol. The number of nitrogens with zero attached hydrogens (tertiary/aromatic N) is 1. The maximum Gasteiger partial charge on any atom is 0.257 e. The zero-order valence-electron chi connectivity index (χ0n) is 26.6. The van der Waals surface area contributed by atoms with Gasteiger partial charge in [-0.3, -0.25) is 4.79 Å². The first-order valence-corrected chi connectivity index (χ1v) is 16.0. The standard InChI is InChI=1S/C39H36FN3O5/c1-45-38-24-29(7-14-37(38)48-25-27-3-2-4-30(40)21-27)28-6-12-33-35(23-28)41-34-13-5-26(22-36(34)42-39(33)44)15-18-47-32-10-8-31(9-11-32)43-16-19-46-20-17-43/h2-14,21-24,41H,15-20,25H2,1H3,(H,42,44). The van der Waals surface area contributed by atoms with Gasteiger partial charge in [-0.15, -0.1) is 0 Å². The van der Waals surface area contributed by atoms with E-state index >= 15 is 0 Å². The van der Waals surface area contributed by atoms with Gasteiger partial charge in [0.25, 0.3) is 5.91 Å². The molecule has 0 aromatic heterocycles. The van der Waals surface area contributed by atoms with E-state index in [4.69, 9.17) is 18.9 Å². The van der Waals surface area contributed by atoms with Crippen LogP contribution < -0.4 is 29.7 Å². The van der Waals surface area contributed by atoms with Crippen molar-refractivity contribution in [3.8, 4) is 28.4 Å². The lowest BCUT2D eigenvalue weighted by molar-refractivity contribution is 0.102. The number of carbonyl (C=O) groups is 1. The Bertz CT molecular complexity index is 1920. The molecule has 5 aromatic rings. The molecule has 1 amide bonds. The number of benzene rings is 5. The monoisotopic (exact) mass is 645 g/mol. The number of halogens is 1. The van der Waals surface area contributed by atoms with E-state index in [1.54, 1.807) is 13.2 Å². The molecule has 1 fully saturated rings. The number of hydrogen-bond acceptors (Lipinski definition) is 7. The molecule has 9 heteroatoms. The van der Waals surface area contributed by atoms with E-state index in [-0.39, 0.29) is 18.3 Å². The first-order valence-electron chi connectivity index (χ1n) is 16.0. The Morgan fingerprint density at radius 1 is 0.750 bits per heavy atom. The minimum Gasteiger partial charge on any atom is -0.493 e. The summed E-state index contributed by atoms with van der Waals surface area (Å²) < 4.78 is 36.6. The second-order valence-corrected chi connectivity index (χ2v) is 11.7. The van der Waals surface area contributed by atoms with Crippen molar-refractivity contribution in [1.29, 1.82) is 0 Å². The van der Waals surface area contributed by atoms with E-state index in [0.29, 0.717) is 41.5 Å². The molecule has 0 bridgehead atoms. The predicted molar refractivity (Wildman–Crippen MR) is 186 cm³/mol. The number of fused-ring (bicyclic) bond motifs is 2. The summed E-state index contributed by atoms with van der Waals surface area (Å²) in [5.74, 6) is 1.44. The van der Waals surface area contributed by atoms with E-state index in [1.165, 1.54) is 17.8 Å². The van der Waals surface area contributed by atoms with Crippen LogP contribution in [0, 0.1) is 5.82 Å². The number of methoxy groups -OCH3 is 1. The highest BCUT2D eigenvalue weighted by Gasteiger charge is 2.20. The lowest BCUT2D eigenvalue weighted by atomic mass is 10.0. The number of nitrogens with one attached hydrogen (secondary N) is 2. The summed E-state index contributed by atoms with van der Waals surface area (Å²) in [6.07, 6.45) is 0.690. The van der Waals surface area contributed by atoms with Crippen molar-refractivity contribution in [3.63, 3.8) is 0 Å². The molecule has 48 heavy (non-hydrogen) atoms. The molecular formula is C39H36FN3O5. The Morgan fingerprint density at radius 2 is 1.56 bits per heavy atom. The molecule has 7 rings (SSSR count). The average molecular weight is 646 g/mol. The second kappa shape index (κ2) is 14.1.